The second-order valence-corrected chi connectivity index (χ2v) is 6.65. The van der Waals surface area contributed by atoms with E-state index in [-0.39, 0.29) is 17.3 Å². The van der Waals surface area contributed by atoms with Crippen LogP contribution in [0.5, 0.6) is 0 Å². The molecule has 0 spiro atoms. The number of carbonyl (C=O) groups excluding carboxylic acids is 2. The van der Waals surface area contributed by atoms with Crippen LogP contribution in [0.2, 0.25) is 0 Å². The predicted octanol–water partition coefficient (Wildman–Crippen LogP) is 1.23. The maximum Gasteiger partial charge on any atom is 0.201 e. The third-order valence-electron chi connectivity index (χ3n) is 4.03. The van der Waals surface area contributed by atoms with Crippen LogP contribution >= 0.6 is 11.8 Å². The van der Waals surface area contributed by atoms with E-state index in [0.717, 1.165) is 50.1 Å². The smallest absolute Gasteiger partial charge is 0.201 e. The van der Waals surface area contributed by atoms with Crippen molar-refractivity contribution in [2.75, 3.05) is 24.5 Å². The highest BCUT2D eigenvalue weighted by Crippen LogP contribution is 2.30. The Morgan fingerprint density at radius 1 is 1.32 bits per heavy atom. The molecule has 0 saturated carbocycles. The quantitative estimate of drug-likeness (QED) is 0.662. The van der Waals surface area contributed by atoms with Crippen molar-refractivity contribution in [3.8, 4) is 0 Å². The van der Waals surface area contributed by atoms with E-state index in [4.69, 9.17) is 5.73 Å². The van der Waals surface area contributed by atoms with Crippen molar-refractivity contribution in [3.63, 3.8) is 0 Å². The number of ketones is 1. The molecule has 0 aromatic carbocycles. The highest BCUT2D eigenvalue weighted by molar-refractivity contribution is 8.18. The van der Waals surface area contributed by atoms with Gasteiger partial charge >= 0.3 is 0 Å². The summed E-state index contributed by atoms with van der Waals surface area (Å²) in [5, 5.41) is -0.102. The molecule has 0 atom stereocenters. The maximum absolute atomic E-state index is 11.7. The molecule has 0 aliphatic carbocycles. The molecule has 0 amide bonds. The Kier molecular flexibility index (Phi) is 4.54. The summed E-state index contributed by atoms with van der Waals surface area (Å²) in [5.41, 5.74) is 6.38. The molecule has 116 valence electrons. The number of nitrogens with two attached hydrogens (primary N) is 1. The van der Waals surface area contributed by atoms with Gasteiger partial charge in [-0.1, -0.05) is 0 Å². The number of piperidine rings is 1. The Labute approximate surface area is 133 Å². The first-order chi connectivity index (χ1) is 10.7. The van der Waals surface area contributed by atoms with E-state index >= 15 is 0 Å². The summed E-state index contributed by atoms with van der Waals surface area (Å²) in [5.74, 6) is 1.33. The van der Waals surface area contributed by atoms with Gasteiger partial charge in [0, 0.05) is 19.2 Å². The molecule has 2 aliphatic heterocycles. The molecule has 0 radical (unpaired) electrons. The second kappa shape index (κ2) is 6.58. The lowest BCUT2D eigenvalue weighted by Crippen LogP contribution is -2.36. The van der Waals surface area contributed by atoms with Crippen molar-refractivity contribution >= 4 is 34.6 Å². The lowest BCUT2D eigenvalue weighted by atomic mass is 9.97. The number of carbonyl (C=O) groups is 2. The molecule has 1 aromatic rings. The van der Waals surface area contributed by atoms with Crippen LogP contribution in [-0.2, 0) is 9.59 Å². The van der Waals surface area contributed by atoms with Crippen molar-refractivity contribution in [3.05, 3.63) is 23.0 Å². The molecule has 1 aromatic heterocycles. The summed E-state index contributed by atoms with van der Waals surface area (Å²) in [6, 6.07) is 1.87. The minimum atomic E-state index is -0.126. The van der Waals surface area contributed by atoms with Gasteiger partial charge in [-0.3, -0.25) is 9.59 Å². The summed E-state index contributed by atoms with van der Waals surface area (Å²) in [6.45, 7) is 2.60. The Morgan fingerprint density at radius 2 is 2.09 bits per heavy atom. The van der Waals surface area contributed by atoms with Gasteiger partial charge in [-0.2, -0.15) is 0 Å². The largest absolute Gasteiger partial charge is 0.356 e. The Bertz CT molecular complexity index is 624. The van der Waals surface area contributed by atoms with E-state index in [1.54, 1.807) is 6.08 Å². The summed E-state index contributed by atoms with van der Waals surface area (Å²) < 4.78 is 0. The minimum Gasteiger partial charge on any atom is -0.356 e. The molecule has 3 rings (SSSR count). The van der Waals surface area contributed by atoms with Crippen LogP contribution in [0.1, 0.15) is 25.0 Å². The van der Waals surface area contributed by atoms with Crippen LogP contribution in [0.3, 0.4) is 0 Å². The normalized spacial score (nSPS) is 21.9. The van der Waals surface area contributed by atoms with Crippen molar-refractivity contribution < 1.29 is 9.59 Å². The Balaban J connectivity index is 1.75. The van der Waals surface area contributed by atoms with Gasteiger partial charge in [0.1, 0.15) is 12.1 Å². The topological polar surface area (TPSA) is 89.2 Å². The molecule has 2 N–H and O–H groups in total. The number of nitrogens with zero attached hydrogens (tertiary/aromatic N) is 3. The van der Waals surface area contributed by atoms with Gasteiger partial charge in [-0.05, 0) is 43.1 Å². The molecule has 22 heavy (non-hydrogen) atoms. The van der Waals surface area contributed by atoms with Crippen molar-refractivity contribution in [2.45, 2.75) is 19.3 Å². The molecule has 2 fully saturated rings. The fourth-order valence-corrected chi connectivity index (χ4v) is 3.50. The molecule has 2 aliphatic rings. The highest BCUT2D eigenvalue weighted by atomic mass is 32.2. The first-order valence-electron chi connectivity index (χ1n) is 7.38. The van der Waals surface area contributed by atoms with Crippen LogP contribution in [0.4, 0.5) is 5.82 Å². The van der Waals surface area contributed by atoms with Crippen molar-refractivity contribution in [2.24, 2.45) is 11.7 Å². The fraction of sp³-hybridized carbons (Fsp3) is 0.467. The molecular weight excluding hydrogens is 300 g/mol. The van der Waals surface area contributed by atoms with Crippen LogP contribution in [-0.4, -0.2) is 40.5 Å². The maximum atomic E-state index is 11.7. The summed E-state index contributed by atoms with van der Waals surface area (Å²) in [6.07, 6.45) is 5.30. The SMILES string of the molecule is NCC1CCN(c2cc(/C=C3\SC(=O)CC3=O)ncn2)CC1. The molecule has 6 nitrogen and oxygen atoms in total. The average molecular weight is 318 g/mol. The fourth-order valence-electron chi connectivity index (χ4n) is 2.69. The monoisotopic (exact) mass is 318 g/mol. The van der Waals surface area contributed by atoms with Gasteiger partial charge in [-0.15, -0.1) is 0 Å². The van der Waals surface area contributed by atoms with E-state index in [9.17, 15) is 9.59 Å². The predicted molar refractivity (Wildman–Crippen MR) is 86.2 cm³/mol. The van der Waals surface area contributed by atoms with Crippen molar-refractivity contribution in [1.29, 1.82) is 0 Å². The van der Waals surface area contributed by atoms with Gasteiger partial charge in [0.25, 0.3) is 0 Å². The Hall–Kier alpha value is -1.73. The zero-order valence-electron chi connectivity index (χ0n) is 12.2. The van der Waals surface area contributed by atoms with Crippen LogP contribution in [0.15, 0.2) is 17.3 Å². The van der Waals surface area contributed by atoms with Crippen LogP contribution in [0, 0.1) is 5.92 Å². The van der Waals surface area contributed by atoms with Crippen LogP contribution in [0.25, 0.3) is 6.08 Å². The molecular formula is C15H18N4O2S. The van der Waals surface area contributed by atoms with E-state index in [2.05, 4.69) is 14.9 Å². The lowest BCUT2D eigenvalue weighted by Gasteiger charge is -2.32. The first kappa shape index (κ1) is 15.2. The van der Waals surface area contributed by atoms with E-state index in [0.29, 0.717) is 16.5 Å². The minimum absolute atomic E-state index is 0.0129. The molecule has 0 bridgehead atoms. The first-order valence-corrected chi connectivity index (χ1v) is 8.20. The number of aromatic nitrogens is 2. The van der Waals surface area contributed by atoms with Gasteiger partial charge in [-0.25, -0.2) is 9.97 Å². The number of rotatable bonds is 3. The number of hydrogen-bond acceptors (Lipinski definition) is 7. The molecule has 3 heterocycles. The van der Waals surface area contributed by atoms with E-state index in [1.165, 1.54) is 6.33 Å². The molecule has 7 heteroatoms. The number of anilines is 1. The number of Topliss-reactive ketones (excluding diaryl/α,β-unsaturated/α-hetero) is 1. The van der Waals surface area contributed by atoms with Gasteiger partial charge in [0.05, 0.1) is 17.0 Å². The lowest BCUT2D eigenvalue weighted by molar-refractivity contribution is -0.119. The summed E-state index contributed by atoms with van der Waals surface area (Å²) in [7, 11) is 0. The van der Waals surface area contributed by atoms with Gasteiger partial charge < -0.3 is 10.6 Å². The second-order valence-electron chi connectivity index (χ2n) is 5.55. The van der Waals surface area contributed by atoms with E-state index < -0.39 is 0 Å². The Morgan fingerprint density at radius 3 is 2.73 bits per heavy atom. The molecule has 2 saturated heterocycles. The molecule has 0 unspecified atom stereocenters. The van der Waals surface area contributed by atoms with E-state index in [1.807, 2.05) is 6.07 Å². The van der Waals surface area contributed by atoms with Crippen molar-refractivity contribution in [1.82, 2.24) is 9.97 Å². The van der Waals surface area contributed by atoms with Crippen LogP contribution < -0.4 is 10.6 Å². The summed E-state index contributed by atoms with van der Waals surface area (Å²) in [4.78, 5) is 34.1. The zero-order chi connectivity index (χ0) is 15.5. The van der Waals surface area contributed by atoms with Gasteiger partial charge in [0.15, 0.2) is 5.78 Å². The number of thioether (sulfide) groups is 1. The third kappa shape index (κ3) is 3.36. The zero-order valence-corrected chi connectivity index (χ0v) is 13.0. The van der Waals surface area contributed by atoms with Gasteiger partial charge in [0.2, 0.25) is 5.12 Å². The number of allylic oxidation sites excluding steroid dienone is 1. The average Bonchev–Trinajstić information content (AvgIpc) is 2.85. The third-order valence-corrected chi connectivity index (χ3v) is 4.97. The summed E-state index contributed by atoms with van der Waals surface area (Å²) >= 11 is 0.998. The highest BCUT2D eigenvalue weighted by Gasteiger charge is 2.26. The standard InChI is InChI=1S/C15H18N4O2S/c16-8-10-1-3-19(4-2-10)14-6-11(17-9-18-14)5-13-12(20)7-15(21)22-13/h5-6,9-10H,1-4,7-8,16H2/b13-5-. The number of hydrogen-bond donors (Lipinski definition) is 1.